The van der Waals surface area contributed by atoms with Gasteiger partial charge in [-0.25, -0.2) is 0 Å². The van der Waals surface area contributed by atoms with Crippen LogP contribution in [0.1, 0.15) is 76.2 Å². The highest BCUT2D eigenvalue weighted by Crippen LogP contribution is 2.13. The van der Waals surface area contributed by atoms with Gasteiger partial charge in [0.15, 0.2) is 0 Å². The zero-order valence-electron chi connectivity index (χ0n) is 16.7. The Bertz CT molecular complexity index is 574. The molecule has 1 aromatic rings. The molecule has 0 atom stereocenters. The number of aryl methyl sites for hydroxylation is 1. The maximum Gasteiger partial charge on any atom is 0.264 e. The zero-order chi connectivity index (χ0) is 19.8. The molecule has 1 aromatic carbocycles. The molecule has 0 bridgehead atoms. The molecule has 0 heterocycles. The van der Waals surface area contributed by atoms with E-state index in [4.69, 9.17) is 10.3 Å². The highest BCUT2D eigenvalue weighted by Gasteiger charge is 2.02. The van der Waals surface area contributed by atoms with E-state index in [0.717, 1.165) is 25.1 Å². The van der Waals surface area contributed by atoms with Gasteiger partial charge < -0.3 is 11.1 Å². The highest BCUT2D eigenvalue weighted by molar-refractivity contribution is 7.85. The van der Waals surface area contributed by atoms with Crippen molar-refractivity contribution in [2.75, 3.05) is 24.6 Å². The Morgan fingerprint density at radius 3 is 1.78 bits per heavy atom. The van der Waals surface area contributed by atoms with Crippen LogP contribution in [0.3, 0.4) is 0 Å². The first-order valence-electron chi connectivity index (χ1n) is 10.5. The van der Waals surface area contributed by atoms with Crippen LogP contribution in [-0.2, 0) is 16.5 Å². The fraction of sp³-hybridized carbons (Fsp3) is 0.714. The average Bonchev–Trinajstić information content (AvgIpc) is 2.62. The van der Waals surface area contributed by atoms with E-state index < -0.39 is 10.1 Å². The first kappa shape index (κ1) is 23.9. The summed E-state index contributed by atoms with van der Waals surface area (Å²) in [4.78, 5) is 0. The number of anilines is 1. The molecule has 0 aliphatic carbocycles. The van der Waals surface area contributed by atoms with Gasteiger partial charge in [-0.2, -0.15) is 8.42 Å². The predicted molar refractivity (Wildman–Crippen MR) is 115 cm³/mol. The van der Waals surface area contributed by atoms with Gasteiger partial charge in [-0.3, -0.25) is 4.55 Å². The van der Waals surface area contributed by atoms with Crippen LogP contribution >= 0.6 is 0 Å². The maximum atomic E-state index is 10.6. The Morgan fingerprint density at radius 1 is 0.741 bits per heavy atom. The zero-order valence-corrected chi connectivity index (χ0v) is 17.5. The van der Waals surface area contributed by atoms with Gasteiger partial charge >= 0.3 is 0 Å². The lowest BCUT2D eigenvalue weighted by molar-refractivity contribution is 0.479. The summed E-state index contributed by atoms with van der Waals surface area (Å²) in [5, 5.41) is 3.22. The first-order valence-corrected chi connectivity index (χ1v) is 12.1. The standard InChI is InChI=1S/C21H38N2O3S/c22-21-15-13-20(14-16-21)12-9-7-5-3-1-2-4-6-8-10-17-23-18-11-19-27(24,25)26/h13-16,23H,1-12,17-19,22H2,(H,24,25,26). The molecule has 6 heteroatoms. The first-order chi connectivity index (χ1) is 13.0. The molecule has 156 valence electrons. The summed E-state index contributed by atoms with van der Waals surface area (Å²) in [6.07, 6.45) is 14.5. The minimum Gasteiger partial charge on any atom is -0.399 e. The summed E-state index contributed by atoms with van der Waals surface area (Å²) < 4.78 is 29.7. The molecule has 0 aliphatic heterocycles. The Labute approximate surface area is 165 Å². The third-order valence-corrected chi connectivity index (χ3v) is 5.61. The summed E-state index contributed by atoms with van der Waals surface area (Å²) >= 11 is 0. The van der Waals surface area contributed by atoms with Crippen LogP contribution in [0.25, 0.3) is 0 Å². The normalized spacial score (nSPS) is 11.7. The van der Waals surface area contributed by atoms with Crippen molar-refractivity contribution in [2.45, 2.75) is 77.0 Å². The Hall–Kier alpha value is -1.11. The quantitative estimate of drug-likeness (QED) is 0.203. The number of unbranched alkanes of at least 4 members (excludes halogenated alkanes) is 9. The lowest BCUT2D eigenvalue weighted by atomic mass is 10.0. The van der Waals surface area contributed by atoms with Gasteiger partial charge in [0, 0.05) is 5.69 Å². The molecule has 0 spiro atoms. The smallest absolute Gasteiger partial charge is 0.264 e. The monoisotopic (exact) mass is 398 g/mol. The van der Waals surface area contributed by atoms with Crippen molar-refractivity contribution in [3.05, 3.63) is 29.8 Å². The van der Waals surface area contributed by atoms with Crippen LogP contribution < -0.4 is 11.1 Å². The molecular formula is C21H38N2O3S. The number of hydrogen-bond donors (Lipinski definition) is 3. The van der Waals surface area contributed by atoms with Crippen LogP contribution in [0.5, 0.6) is 0 Å². The number of hydrogen-bond acceptors (Lipinski definition) is 4. The molecular weight excluding hydrogens is 360 g/mol. The van der Waals surface area contributed by atoms with E-state index in [0.29, 0.717) is 13.0 Å². The van der Waals surface area contributed by atoms with Crippen LogP contribution in [0, 0.1) is 0 Å². The van der Waals surface area contributed by atoms with Gasteiger partial charge in [0.1, 0.15) is 0 Å². The predicted octanol–water partition coefficient (Wildman–Crippen LogP) is 4.58. The van der Waals surface area contributed by atoms with Gasteiger partial charge in [0.2, 0.25) is 0 Å². The van der Waals surface area contributed by atoms with Crippen LogP contribution in [0.4, 0.5) is 5.69 Å². The van der Waals surface area contributed by atoms with Gasteiger partial charge in [-0.1, -0.05) is 63.5 Å². The molecule has 27 heavy (non-hydrogen) atoms. The second-order valence-electron chi connectivity index (χ2n) is 7.42. The van der Waals surface area contributed by atoms with Gasteiger partial charge in [-0.05, 0) is 56.5 Å². The SMILES string of the molecule is Nc1ccc(CCCCCCCCCCCCNCCCS(=O)(=O)O)cc1. The van der Waals surface area contributed by atoms with E-state index in [-0.39, 0.29) is 5.75 Å². The topological polar surface area (TPSA) is 92.4 Å². The van der Waals surface area contributed by atoms with Crippen molar-refractivity contribution in [3.63, 3.8) is 0 Å². The molecule has 0 fully saturated rings. The molecule has 5 nitrogen and oxygen atoms in total. The van der Waals surface area contributed by atoms with Crippen molar-refractivity contribution in [3.8, 4) is 0 Å². The summed E-state index contributed by atoms with van der Waals surface area (Å²) in [5.41, 5.74) is 7.92. The Morgan fingerprint density at radius 2 is 1.22 bits per heavy atom. The second-order valence-corrected chi connectivity index (χ2v) is 8.99. The second kappa shape index (κ2) is 14.9. The summed E-state index contributed by atoms with van der Waals surface area (Å²) in [6, 6.07) is 8.22. The Kier molecular flexibility index (Phi) is 13.2. The van der Waals surface area contributed by atoms with Crippen molar-refractivity contribution in [1.82, 2.24) is 5.32 Å². The van der Waals surface area contributed by atoms with E-state index in [2.05, 4.69) is 17.4 Å². The molecule has 0 saturated carbocycles. The molecule has 0 saturated heterocycles. The summed E-state index contributed by atoms with van der Waals surface area (Å²) in [6.45, 7) is 1.58. The molecule has 4 N–H and O–H groups in total. The van der Waals surface area contributed by atoms with Crippen molar-refractivity contribution in [2.24, 2.45) is 0 Å². The van der Waals surface area contributed by atoms with Crippen molar-refractivity contribution >= 4 is 15.8 Å². The number of nitrogens with one attached hydrogen (secondary N) is 1. The molecule has 0 aromatic heterocycles. The highest BCUT2D eigenvalue weighted by atomic mass is 32.2. The third-order valence-electron chi connectivity index (χ3n) is 4.80. The lowest BCUT2D eigenvalue weighted by Gasteiger charge is -2.05. The molecule has 1 rings (SSSR count). The average molecular weight is 399 g/mol. The van der Waals surface area contributed by atoms with Crippen LogP contribution in [0.15, 0.2) is 24.3 Å². The molecule has 0 radical (unpaired) electrons. The van der Waals surface area contributed by atoms with E-state index >= 15 is 0 Å². The summed E-state index contributed by atoms with van der Waals surface area (Å²) in [7, 11) is -3.80. The number of rotatable bonds is 17. The summed E-state index contributed by atoms with van der Waals surface area (Å²) in [5.74, 6) is -0.151. The Balaban J connectivity index is 1.76. The van der Waals surface area contributed by atoms with E-state index in [1.807, 2.05) is 12.1 Å². The fourth-order valence-corrected chi connectivity index (χ4v) is 3.69. The molecule has 0 amide bonds. The number of benzene rings is 1. The van der Waals surface area contributed by atoms with Crippen molar-refractivity contribution in [1.29, 1.82) is 0 Å². The van der Waals surface area contributed by atoms with E-state index in [1.165, 1.54) is 63.4 Å². The third kappa shape index (κ3) is 15.6. The van der Waals surface area contributed by atoms with Gasteiger partial charge in [0.05, 0.1) is 5.75 Å². The molecule has 0 aliphatic rings. The minimum atomic E-state index is -3.80. The van der Waals surface area contributed by atoms with Gasteiger partial charge in [-0.15, -0.1) is 0 Å². The van der Waals surface area contributed by atoms with Gasteiger partial charge in [0.25, 0.3) is 10.1 Å². The van der Waals surface area contributed by atoms with E-state index in [1.54, 1.807) is 0 Å². The van der Waals surface area contributed by atoms with Crippen molar-refractivity contribution < 1.29 is 13.0 Å². The number of nitrogens with two attached hydrogens (primary N) is 1. The van der Waals surface area contributed by atoms with Crippen LogP contribution in [0.2, 0.25) is 0 Å². The lowest BCUT2D eigenvalue weighted by Crippen LogP contribution is -2.19. The number of nitrogen functional groups attached to an aromatic ring is 1. The maximum absolute atomic E-state index is 10.6. The largest absolute Gasteiger partial charge is 0.399 e. The molecule has 0 unspecified atom stereocenters. The van der Waals surface area contributed by atoms with Crippen LogP contribution in [-0.4, -0.2) is 31.8 Å². The minimum absolute atomic E-state index is 0.151. The fourth-order valence-electron chi connectivity index (χ4n) is 3.18. The van der Waals surface area contributed by atoms with E-state index in [9.17, 15) is 8.42 Å².